The molecule has 0 spiro atoms. The van der Waals surface area contributed by atoms with Crippen LogP contribution in [0.15, 0.2) is 47.3 Å². The van der Waals surface area contributed by atoms with Crippen LogP contribution in [-0.4, -0.2) is 131 Å². The van der Waals surface area contributed by atoms with E-state index in [-0.39, 0.29) is 49.8 Å². The Morgan fingerprint density at radius 2 is 1.46 bits per heavy atom. The fraction of sp³-hybridized carbons (Fsp3) is 0.600. The molecule has 0 unspecified atom stereocenters. The smallest absolute Gasteiger partial charge is 0.272 e. The Balaban J connectivity index is 0.00000352. The number of fused-ring (bicyclic) bond motifs is 1. The Morgan fingerprint density at radius 3 is 2.12 bits per heavy atom. The molecule has 3 aliphatic heterocycles. The van der Waals surface area contributed by atoms with Gasteiger partial charge in [0.25, 0.3) is 11.5 Å². The fourth-order valence-corrected chi connectivity index (χ4v) is 9.06. The van der Waals surface area contributed by atoms with Gasteiger partial charge in [0.1, 0.15) is 11.9 Å². The van der Waals surface area contributed by atoms with Crippen LogP contribution in [0.1, 0.15) is 103 Å². The monoisotopic (exact) mass is 817 g/mol. The Labute approximate surface area is 349 Å². The van der Waals surface area contributed by atoms with Crippen LogP contribution in [0.3, 0.4) is 0 Å². The molecule has 2 N–H and O–H groups in total. The highest BCUT2D eigenvalue weighted by molar-refractivity contribution is 5.95. The largest absolute Gasteiger partial charge is 0.375 e. The molecule has 4 amide bonds. The second-order valence-electron chi connectivity index (χ2n) is 17.9. The minimum Gasteiger partial charge on any atom is -0.375 e. The molecule has 3 aromatic rings. The number of aromatic amines is 1. The zero-order valence-electron chi connectivity index (χ0n) is 34.8. The van der Waals surface area contributed by atoms with Crippen LogP contribution in [0.25, 0.3) is 10.8 Å². The number of ether oxygens (including phenoxy) is 1. The van der Waals surface area contributed by atoms with E-state index in [0.717, 1.165) is 64.5 Å². The molecule has 2 aromatic carbocycles. The van der Waals surface area contributed by atoms with Crippen molar-refractivity contribution in [1.82, 2.24) is 35.1 Å². The van der Waals surface area contributed by atoms with Crippen molar-refractivity contribution in [1.29, 1.82) is 0 Å². The predicted molar refractivity (Wildman–Crippen MR) is 226 cm³/mol. The zero-order chi connectivity index (χ0) is 41.7. The predicted octanol–water partition coefficient (Wildman–Crippen LogP) is 5.01. The van der Waals surface area contributed by atoms with Gasteiger partial charge in [-0.2, -0.15) is 5.10 Å². The van der Waals surface area contributed by atoms with E-state index >= 15 is 4.39 Å². The average Bonchev–Trinajstić information content (AvgIpc) is 3.25. The first-order chi connectivity index (χ1) is 28.3. The van der Waals surface area contributed by atoms with Crippen molar-refractivity contribution < 1.29 is 31.2 Å². The van der Waals surface area contributed by atoms with Crippen molar-refractivity contribution >= 4 is 34.4 Å². The van der Waals surface area contributed by atoms with Crippen molar-refractivity contribution in [3.8, 4) is 0 Å². The van der Waals surface area contributed by atoms with E-state index in [1.165, 1.54) is 12.5 Å². The second-order valence-corrected chi connectivity index (χ2v) is 17.9. The first-order valence-corrected chi connectivity index (χ1v) is 21.6. The van der Waals surface area contributed by atoms with Gasteiger partial charge in [0.05, 0.1) is 35.4 Å². The molecular formula is C45H64FN7O6. The number of piperazine rings is 1. The number of rotatable bonds is 10. The van der Waals surface area contributed by atoms with Crippen molar-refractivity contribution in [2.24, 2.45) is 11.3 Å². The molecule has 0 bridgehead atoms. The third kappa shape index (κ3) is 10.4. The van der Waals surface area contributed by atoms with Gasteiger partial charge >= 0.3 is 0 Å². The van der Waals surface area contributed by atoms with Gasteiger partial charge < -0.3 is 24.8 Å². The summed E-state index contributed by atoms with van der Waals surface area (Å²) in [7, 11) is 0. The van der Waals surface area contributed by atoms with E-state index in [9.17, 15) is 24.0 Å². The second kappa shape index (κ2) is 18.7. The van der Waals surface area contributed by atoms with E-state index in [0.29, 0.717) is 74.3 Å². The van der Waals surface area contributed by atoms with Crippen molar-refractivity contribution in [3.05, 3.63) is 75.5 Å². The highest BCUT2D eigenvalue weighted by Crippen LogP contribution is 2.30. The van der Waals surface area contributed by atoms with Crippen LogP contribution in [0, 0.1) is 17.2 Å². The number of nitrogens with zero attached hydrogens (tertiary/aromatic N) is 5. The van der Waals surface area contributed by atoms with E-state index < -0.39 is 23.2 Å². The number of carbonyl (C=O) groups is 4. The SMILES string of the molecule is CC(C)(C)C(=O)N[C@@H](C(=O)N1CCC(OC2CCN(CC(=O)N3CCN(C(=O)c4cc(Cc5n[nH]c(=O)c6ccccc56)ccc4F)CC3)CC2)CC1)C1CCCCC1.[HH].[HH]. The Morgan fingerprint density at radius 1 is 0.831 bits per heavy atom. The number of hydrogen-bond acceptors (Lipinski definition) is 8. The lowest BCUT2D eigenvalue weighted by Gasteiger charge is -2.40. The van der Waals surface area contributed by atoms with E-state index in [1.54, 1.807) is 34.1 Å². The lowest BCUT2D eigenvalue weighted by Crippen LogP contribution is -2.56. The molecule has 322 valence electrons. The number of carbonyl (C=O) groups excluding carboxylic acids is 4. The van der Waals surface area contributed by atoms with Crippen molar-refractivity contribution in [2.75, 3.05) is 58.9 Å². The number of likely N-dealkylation sites (tertiary alicyclic amines) is 2. The lowest BCUT2D eigenvalue weighted by atomic mass is 9.82. The van der Waals surface area contributed by atoms with Crippen LogP contribution < -0.4 is 10.9 Å². The third-order valence-corrected chi connectivity index (χ3v) is 12.7. The Kier molecular flexibility index (Phi) is 13.5. The van der Waals surface area contributed by atoms with E-state index in [2.05, 4.69) is 20.4 Å². The summed E-state index contributed by atoms with van der Waals surface area (Å²) in [5, 5.41) is 11.1. The number of hydrogen-bond donors (Lipinski definition) is 2. The van der Waals surface area contributed by atoms with Crippen LogP contribution in [0.5, 0.6) is 0 Å². The summed E-state index contributed by atoms with van der Waals surface area (Å²) in [6.45, 7) is 10.1. The average molecular weight is 818 g/mol. The summed E-state index contributed by atoms with van der Waals surface area (Å²) in [4.78, 5) is 73.3. The molecule has 0 radical (unpaired) electrons. The normalized spacial score (nSPS) is 19.8. The molecule has 4 aliphatic rings. The maximum absolute atomic E-state index is 15.0. The first-order valence-electron chi connectivity index (χ1n) is 21.6. The van der Waals surface area contributed by atoms with Gasteiger partial charge in [-0.15, -0.1) is 0 Å². The molecule has 1 aliphatic carbocycles. The van der Waals surface area contributed by atoms with Crippen molar-refractivity contribution in [3.63, 3.8) is 0 Å². The summed E-state index contributed by atoms with van der Waals surface area (Å²) in [5.41, 5.74) is 0.460. The van der Waals surface area contributed by atoms with E-state index in [1.807, 2.05) is 37.8 Å². The van der Waals surface area contributed by atoms with Crippen molar-refractivity contribution in [2.45, 2.75) is 103 Å². The molecule has 1 saturated carbocycles. The summed E-state index contributed by atoms with van der Waals surface area (Å²) in [5.74, 6) is -0.844. The number of nitrogens with one attached hydrogen (secondary N) is 2. The van der Waals surface area contributed by atoms with Crippen LogP contribution in [0.2, 0.25) is 0 Å². The number of aromatic nitrogens is 2. The fourth-order valence-electron chi connectivity index (χ4n) is 9.06. The molecular weight excluding hydrogens is 754 g/mol. The maximum Gasteiger partial charge on any atom is 0.272 e. The third-order valence-electron chi connectivity index (χ3n) is 12.7. The summed E-state index contributed by atoms with van der Waals surface area (Å²) in [6.07, 6.45) is 9.03. The summed E-state index contributed by atoms with van der Waals surface area (Å²) >= 11 is 0. The molecule has 7 rings (SSSR count). The Hall–Kier alpha value is -4.69. The Bertz CT molecular complexity index is 2050. The molecule has 1 atom stereocenters. The number of halogens is 1. The standard InChI is InChI=1S/C45H60FN7O6.2H2/c1-45(2,3)44(58)47-40(31-9-5-4-6-10-31)43(57)52-21-17-33(18-22-52)59-32-15-19-50(20-16-32)29-39(54)51-23-25-53(26-24-51)42(56)36-27-30(13-14-37(36)46)28-38-34-11-7-8-12-35(34)41(55)49-48-38;;/h7-8,11-14,27,31-33,40H,4-6,9-10,15-26,28-29H2,1-3H3,(H,47,58)(H,49,55);2*1H/t40-;;/m1../s1. The summed E-state index contributed by atoms with van der Waals surface area (Å²) < 4.78 is 21.6. The number of amides is 4. The minimum absolute atomic E-state index is 0. The minimum atomic E-state index is -0.606. The zero-order valence-corrected chi connectivity index (χ0v) is 34.8. The van der Waals surface area contributed by atoms with Gasteiger partial charge in [-0.1, -0.05) is 64.3 Å². The maximum atomic E-state index is 15.0. The summed E-state index contributed by atoms with van der Waals surface area (Å²) in [6, 6.07) is 11.2. The number of piperidine rings is 2. The van der Waals surface area contributed by atoms with Gasteiger partial charge in [0, 0.05) is 72.4 Å². The molecule has 14 heteroatoms. The van der Waals surface area contributed by atoms with Gasteiger partial charge in [-0.25, -0.2) is 9.49 Å². The lowest BCUT2D eigenvalue weighted by molar-refractivity contribution is -0.143. The van der Waals surface area contributed by atoms with Crippen LogP contribution in [0.4, 0.5) is 4.39 Å². The topological polar surface area (TPSA) is 148 Å². The molecule has 3 saturated heterocycles. The molecule has 1 aromatic heterocycles. The molecule has 4 fully saturated rings. The highest BCUT2D eigenvalue weighted by atomic mass is 19.1. The van der Waals surface area contributed by atoms with Gasteiger partial charge in [-0.05, 0) is 68.2 Å². The number of benzene rings is 2. The van der Waals surface area contributed by atoms with Gasteiger partial charge in [0.2, 0.25) is 17.7 Å². The highest BCUT2D eigenvalue weighted by Gasteiger charge is 2.38. The first kappa shape index (κ1) is 42.4. The van der Waals surface area contributed by atoms with Gasteiger partial charge in [0.15, 0.2) is 0 Å². The van der Waals surface area contributed by atoms with Gasteiger partial charge in [-0.3, -0.25) is 28.9 Å². The number of H-pyrrole nitrogens is 1. The van der Waals surface area contributed by atoms with E-state index in [4.69, 9.17) is 4.74 Å². The molecule has 4 heterocycles. The quantitative estimate of drug-likeness (QED) is 0.290. The van der Waals surface area contributed by atoms with Crippen LogP contribution >= 0.6 is 0 Å². The molecule has 59 heavy (non-hydrogen) atoms. The molecule has 13 nitrogen and oxygen atoms in total. The van der Waals surface area contributed by atoms with Crippen LogP contribution in [-0.2, 0) is 25.5 Å².